The van der Waals surface area contributed by atoms with E-state index in [2.05, 4.69) is 4.74 Å². The minimum Gasteiger partial charge on any atom is -0.434 e. The van der Waals surface area contributed by atoms with Gasteiger partial charge < -0.3 is 4.74 Å². The largest absolute Gasteiger partial charge is 0.434 e. The lowest BCUT2D eigenvalue weighted by molar-refractivity contribution is -0.0504. The second-order valence-electron chi connectivity index (χ2n) is 2.77. The number of rotatable bonds is 3. The molecule has 14 heavy (non-hydrogen) atoms. The topological polar surface area (TPSA) is 33.0 Å². The summed E-state index contributed by atoms with van der Waals surface area (Å²) in [5, 5.41) is 8.65. The summed E-state index contributed by atoms with van der Waals surface area (Å²) in [6.07, 6.45) is 0. The van der Waals surface area contributed by atoms with Crippen molar-refractivity contribution in [2.75, 3.05) is 0 Å². The van der Waals surface area contributed by atoms with Gasteiger partial charge in [0.2, 0.25) is 0 Å². The molecule has 1 aromatic rings. The molecule has 1 aromatic carbocycles. The Bertz CT molecular complexity index is 346. The first-order chi connectivity index (χ1) is 6.65. The van der Waals surface area contributed by atoms with Crippen LogP contribution in [0.4, 0.5) is 8.78 Å². The summed E-state index contributed by atoms with van der Waals surface area (Å²) in [6.45, 7) is -1.23. The van der Waals surface area contributed by atoms with Gasteiger partial charge in [0.25, 0.3) is 0 Å². The minimum atomic E-state index is -2.86. The Balaban J connectivity index is 2.98. The molecule has 0 saturated carbocycles. The number of ether oxygens (including phenoxy) is 1. The van der Waals surface area contributed by atoms with Crippen LogP contribution in [0.1, 0.15) is 18.4 Å². The van der Waals surface area contributed by atoms with E-state index in [-0.39, 0.29) is 5.75 Å². The van der Waals surface area contributed by atoms with Crippen molar-refractivity contribution in [2.24, 2.45) is 0 Å². The quantitative estimate of drug-likeness (QED) is 0.746. The molecule has 0 amide bonds. The maximum absolute atomic E-state index is 12.0. The molecule has 4 heteroatoms. The number of alkyl halides is 2. The molecule has 74 valence electrons. The molecule has 0 radical (unpaired) electrons. The second-order valence-corrected chi connectivity index (χ2v) is 2.77. The van der Waals surface area contributed by atoms with Crippen LogP contribution in [-0.4, -0.2) is 6.61 Å². The summed E-state index contributed by atoms with van der Waals surface area (Å²) >= 11 is 0. The highest BCUT2D eigenvalue weighted by Crippen LogP contribution is 2.26. The molecular formula is C10H9F2NO. The molecular weight excluding hydrogens is 188 g/mol. The van der Waals surface area contributed by atoms with Crippen LogP contribution in [0.25, 0.3) is 0 Å². The lowest BCUT2D eigenvalue weighted by Gasteiger charge is -2.11. The van der Waals surface area contributed by atoms with E-state index in [0.29, 0.717) is 5.56 Å². The Morgan fingerprint density at radius 1 is 1.36 bits per heavy atom. The zero-order valence-electron chi connectivity index (χ0n) is 7.58. The molecule has 0 aliphatic heterocycles. The van der Waals surface area contributed by atoms with Crippen molar-refractivity contribution in [3.63, 3.8) is 0 Å². The van der Waals surface area contributed by atoms with Crippen molar-refractivity contribution in [3.05, 3.63) is 29.8 Å². The first-order valence-electron chi connectivity index (χ1n) is 4.08. The highest BCUT2D eigenvalue weighted by molar-refractivity contribution is 5.38. The Morgan fingerprint density at radius 2 is 2.00 bits per heavy atom. The molecule has 0 aliphatic carbocycles. The van der Waals surface area contributed by atoms with Gasteiger partial charge in [0.1, 0.15) is 5.75 Å². The maximum atomic E-state index is 12.0. The van der Waals surface area contributed by atoms with Crippen molar-refractivity contribution >= 4 is 0 Å². The molecule has 2 nitrogen and oxygen atoms in total. The maximum Gasteiger partial charge on any atom is 0.387 e. The number of nitrogens with zero attached hydrogens (tertiary/aromatic N) is 1. The summed E-state index contributed by atoms with van der Waals surface area (Å²) in [4.78, 5) is 0. The average Bonchev–Trinajstić information content (AvgIpc) is 2.16. The van der Waals surface area contributed by atoms with Crippen LogP contribution >= 0.6 is 0 Å². The molecule has 0 bridgehead atoms. The predicted molar refractivity (Wildman–Crippen MR) is 47.1 cm³/mol. The highest BCUT2D eigenvalue weighted by Gasteiger charge is 2.13. The summed E-state index contributed by atoms with van der Waals surface area (Å²) in [5.41, 5.74) is 0.482. The molecule has 1 rings (SSSR count). The fourth-order valence-corrected chi connectivity index (χ4v) is 1.11. The fourth-order valence-electron chi connectivity index (χ4n) is 1.11. The van der Waals surface area contributed by atoms with Gasteiger partial charge in [-0.25, -0.2) is 0 Å². The number of hydrogen-bond donors (Lipinski definition) is 0. The summed E-state index contributed by atoms with van der Waals surface area (Å²) in [5.74, 6) is -0.387. The van der Waals surface area contributed by atoms with Gasteiger partial charge in [-0.15, -0.1) is 0 Å². The fraction of sp³-hybridized carbons (Fsp3) is 0.300. The molecule has 0 saturated heterocycles. The van der Waals surface area contributed by atoms with Gasteiger partial charge in [0.05, 0.1) is 12.0 Å². The molecule has 1 atom stereocenters. The first-order valence-corrected chi connectivity index (χ1v) is 4.08. The monoisotopic (exact) mass is 197 g/mol. The van der Waals surface area contributed by atoms with Gasteiger partial charge in [-0.2, -0.15) is 14.0 Å². The van der Waals surface area contributed by atoms with Gasteiger partial charge in [-0.1, -0.05) is 18.2 Å². The van der Waals surface area contributed by atoms with E-state index in [1.807, 2.05) is 6.07 Å². The highest BCUT2D eigenvalue weighted by atomic mass is 19.3. The molecule has 0 fully saturated rings. The zero-order valence-corrected chi connectivity index (χ0v) is 7.58. The van der Waals surface area contributed by atoms with Gasteiger partial charge >= 0.3 is 6.61 Å². The lowest BCUT2D eigenvalue weighted by Crippen LogP contribution is -2.05. The third kappa shape index (κ3) is 2.43. The number of para-hydroxylation sites is 1. The third-order valence-corrected chi connectivity index (χ3v) is 1.80. The first kappa shape index (κ1) is 10.5. The van der Waals surface area contributed by atoms with E-state index in [9.17, 15) is 8.78 Å². The van der Waals surface area contributed by atoms with Crippen LogP contribution in [0.5, 0.6) is 5.75 Å². The van der Waals surface area contributed by atoms with Crippen molar-refractivity contribution < 1.29 is 13.5 Å². The smallest absolute Gasteiger partial charge is 0.387 e. The second kappa shape index (κ2) is 4.56. The minimum absolute atomic E-state index is 0.0663. The summed E-state index contributed by atoms with van der Waals surface area (Å²) in [6, 6.07) is 8.27. The Kier molecular flexibility index (Phi) is 3.41. The van der Waals surface area contributed by atoms with Crippen molar-refractivity contribution in [1.82, 2.24) is 0 Å². The number of benzene rings is 1. The van der Waals surface area contributed by atoms with Crippen LogP contribution in [0.3, 0.4) is 0 Å². The standard InChI is InChI=1S/C10H9F2NO/c1-7(6-13)8-4-2-3-5-9(8)14-10(11)12/h2-5,7,10H,1H3. The predicted octanol–water partition coefficient (Wildman–Crippen LogP) is 2.92. The van der Waals surface area contributed by atoms with Crippen molar-refractivity contribution in [2.45, 2.75) is 19.5 Å². The Morgan fingerprint density at radius 3 is 2.57 bits per heavy atom. The number of nitriles is 1. The van der Waals surface area contributed by atoms with Crippen LogP contribution in [0.15, 0.2) is 24.3 Å². The summed E-state index contributed by atoms with van der Waals surface area (Å²) < 4.78 is 28.2. The van der Waals surface area contributed by atoms with Crippen molar-refractivity contribution in [3.8, 4) is 11.8 Å². The van der Waals surface area contributed by atoms with Gasteiger partial charge in [0.15, 0.2) is 0 Å². The van der Waals surface area contributed by atoms with Crippen LogP contribution < -0.4 is 4.74 Å². The number of hydrogen-bond acceptors (Lipinski definition) is 2. The van der Waals surface area contributed by atoms with E-state index >= 15 is 0 Å². The van der Waals surface area contributed by atoms with Crippen LogP contribution in [0.2, 0.25) is 0 Å². The average molecular weight is 197 g/mol. The van der Waals surface area contributed by atoms with Crippen LogP contribution in [-0.2, 0) is 0 Å². The van der Waals surface area contributed by atoms with Gasteiger partial charge in [-0.05, 0) is 13.0 Å². The van der Waals surface area contributed by atoms with E-state index in [0.717, 1.165) is 0 Å². The van der Waals surface area contributed by atoms with E-state index in [1.165, 1.54) is 6.07 Å². The summed E-state index contributed by atoms with van der Waals surface area (Å²) in [7, 11) is 0. The molecule has 0 N–H and O–H groups in total. The molecule has 1 unspecified atom stereocenters. The van der Waals surface area contributed by atoms with E-state index in [4.69, 9.17) is 5.26 Å². The molecule has 0 heterocycles. The normalized spacial score (nSPS) is 12.2. The lowest BCUT2D eigenvalue weighted by atomic mass is 10.0. The molecule has 0 aromatic heterocycles. The Labute approximate surface area is 80.7 Å². The van der Waals surface area contributed by atoms with Gasteiger partial charge in [-0.3, -0.25) is 0 Å². The zero-order chi connectivity index (χ0) is 10.6. The Hall–Kier alpha value is -1.63. The third-order valence-electron chi connectivity index (χ3n) is 1.80. The van der Waals surface area contributed by atoms with Crippen molar-refractivity contribution in [1.29, 1.82) is 5.26 Å². The van der Waals surface area contributed by atoms with Crippen LogP contribution in [0, 0.1) is 11.3 Å². The molecule has 0 spiro atoms. The van der Waals surface area contributed by atoms with E-state index < -0.39 is 12.5 Å². The number of halogens is 2. The van der Waals surface area contributed by atoms with Gasteiger partial charge in [0, 0.05) is 5.56 Å². The molecule has 0 aliphatic rings. The van der Waals surface area contributed by atoms with E-state index in [1.54, 1.807) is 25.1 Å². The SMILES string of the molecule is CC(C#N)c1ccccc1OC(F)F.